The smallest absolute Gasteiger partial charge is 0.282 e. The number of nitrogens with zero attached hydrogens (tertiary/aromatic N) is 3. The number of fused-ring (bicyclic) bond motifs is 2. The molecule has 0 aliphatic carbocycles. The first-order chi connectivity index (χ1) is 16.1. The summed E-state index contributed by atoms with van der Waals surface area (Å²) in [4.78, 5) is 17.6. The molecule has 33 heavy (non-hydrogen) atoms. The maximum Gasteiger partial charge on any atom is 0.282 e. The largest absolute Gasteiger partial charge is 0.489 e. The van der Waals surface area contributed by atoms with Crippen molar-refractivity contribution in [2.24, 2.45) is 5.10 Å². The van der Waals surface area contributed by atoms with Crippen LogP contribution in [0.1, 0.15) is 23.9 Å². The number of benzene rings is 3. The first kappa shape index (κ1) is 21.2. The molecular formula is C25H20BrN3O4. The second-order valence-corrected chi connectivity index (χ2v) is 8.37. The molecule has 0 N–H and O–H groups in total. The van der Waals surface area contributed by atoms with Gasteiger partial charge >= 0.3 is 0 Å². The minimum absolute atomic E-state index is 0.204. The molecule has 0 saturated carbocycles. The third-order valence-corrected chi connectivity index (χ3v) is 5.71. The second-order valence-electron chi connectivity index (χ2n) is 7.45. The third-order valence-electron chi connectivity index (χ3n) is 5.21. The molecule has 1 aliphatic rings. The fourth-order valence-corrected chi connectivity index (χ4v) is 3.91. The van der Waals surface area contributed by atoms with Crippen LogP contribution in [-0.4, -0.2) is 22.7 Å². The summed E-state index contributed by atoms with van der Waals surface area (Å²) >= 11 is 3.42. The lowest BCUT2D eigenvalue weighted by Gasteiger charge is -2.09. The van der Waals surface area contributed by atoms with E-state index in [0.29, 0.717) is 35.5 Å². The Hall–Kier alpha value is -3.65. The maximum atomic E-state index is 13.0. The lowest BCUT2D eigenvalue weighted by atomic mass is 10.2. The molecule has 0 atom stereocenters. The molecule has 8 heteroatoms. The van der Waals surface area contributed by atoms with Crippen LogP contribution in [0.15, 0.2) is 75.0 Å². The van der Waals surface area contributed by atoms with E-state index in [1.54, 1.807) is 12.3 Å². The number of hydrogen-bond donors (Lipinski definition) is 0. The molecule has 166 valence electrons. The SMILES string of the molecule is CCc1nc2ccc(Br)cc2c(=O)n1N=Cc1cccc(OCc2ccc3c(c2)OCO3)c1. The molecule has 0 amide bonds. The van der Waals surface area contributed by atoms with E-state index in [2.05, 4.69) is 26.0 Å². The minimum atomic E-state index is -0.204. The van der Waals surface area contributed by atoms with Gasteiger partial charge in [0.2, 0.25) is 6.79 Å². The Kier molecular flexibility index (Phi) is 5.83. The van der Waals surface area contributed by atoms with E-state index in [1.807, 2.05) is 61.5 Å². The molecule has 0 fully saturated rings. The highest BCUT2D eigenvalue weighted by molar-refractivity contribution is 9.10. The molecule has 1 aromatic heterocycles. The Morgan fingerprint density at radius 2 is 2.00 bits per heavy atom. The summed E-state index contributed by atoms with van der Waals surface area (Å²) in [5.41, 5.74) is 2.24. The van der Waals surface area contributed by atoms with E-state index < -0.39 is 0 Å². The Bertz CT molecular complexity index is 1430. The quantitative estimate of drug-likeness (QED) is 0.348. The zero-order valence-electron chi connectivity index (χ0n) is 17.8. The van der Waals surface area contributed by atoms with Gasteiger partial charge in [-0.3, -0.25) is 4.79 Å². The van der Waals surface area contributed by atoms with Crippen LogP contribution < -0.4 is 19.8 Å². The molecule has 3 aromatic carbocycles. The Balaban J connectivity index is 1.37. The Labute approximate surface area is 198 Å². The number of halogens is 1. The van der Waals surface area contributed by atoms with Crippen LogP contribution >= 0.6 is 15.9 Å². The normalized spacial score (nSPS) is 12.5. The topological polar surface area (TPSA) is 74.9 Å². The van der Waals surface area contributed by atoms with Gasteiger partial charge in [-0.2, -0.15) is 9.78 Å². The van der Waals surface area contributed by atoms with Gasteiger partial charge < -0.3 is 14.2 Å². The number of aromatic nitrogens is 2. The lowest BCUT2D eigenvalue weighted by molar-refractivity contribution is 0.174. The van der Waals surface area contributed by atoms with E-state index in [4.69, 9.17) is 14.2 Å². The summed E-state index contributed by atoms with van der Waals surface area (Å²) in [5, 5.41) is 4.95. The van der Waals surface area contributed by atoms with Gasteiger partial charge in [-0.25, -0.2) is 4.98 Å². The lowest BCUT2D eigenvalue weighted by Crippen LogP contribution is -2.22. The summed E-state index contributed by atoms with van der Waals surface area (Å²) < 4.78 is 18.9. The van der Waals surface area contributed by atoms with Crippen molar-refractivity contribution in [1.82, 2.24) is 9.66 Å². The van der Waals surface area contributed by atoms with E-state index >= 15 is 0 Å². The van der Waals surface area contributed by atoms with Crippen LogP contribution in [0.2, 0.25) is 0 Å². The number of ether oxygens (including phenoxy) is 3. The van der Waals surface area contributed by atoms with E-state index in [-0.39, 0.29) is 12.4 Å². The van der Waals surface area contributed by atoms with Crippen molar-refractivity contribution in [2.45, 2.75) is 20.0 Å². The average Bonchev–Trinajstić information content (AvgIpc) is 3.30. The molecule has 2 heterocycles. The highest BCUT2D eigenvalue weighted by Crippen LogP contribution is 2.32. The first-order valence-corrected chi connectivity index (χ1v) is 11.3. The molecule has 0 bridgehead atoms. The molecule has 7 nitrogen and oxygen atoms in total. The molecular weight excluding hydrogens is 486 g/mol. The number of rotatable bonds is 6. The first-order valence-electron chi connectivity index (χ1n) is 10.5. The molecule has 0 saturated heterocycles. The van der Waals surface area contributed by atoms with E-state index in [0.717, 1.165) is 27.1 Å². The van der Waals surface area contributed by atoms with Gasteiger partial charge in [0, 0.05) is 10.9 Å². The van der Waals surface area contributed by atoms with Crippen LogP contribution in [0, 0.1) is 0 Å². The summed E-state index contributed by atoms with van der Waals surface area (Å²) in [6.45, 7) is 2.58. The van der Waals surface area contributed by atoms with Crippen molar-refractivity contribution < 1.29 is 14.2 Å². The van der Waals surface area contributed by atoms with Gasteiger partial charge in [0.15, 0.2) is 11.5 Å². The van der Waals surface area contributed by atoms with Gasteiger partial charge in [0.05, 0.1) is 17.1 Å². The number of hydrogen-bond acceptors (Lipinski definition) is 6. The third kappa shape index (κ3) is 4.47. The van der Waals surface area contributed by atoms with Crippen molar-refractivity contribution in [1.29, 1.82) is 0 Å². The van der Waals surface area contributed by atoms with Crippen molar-refractivity contribution in [3.05, 3.63) is 92.4 Å². The average molecular weight is 506 g/mol. The molecule has 1 aliphatic heterocycles. The summed E-state index contributed by atoms with van der Waals surface area (Å²) in [6, 6.07) is 18.7. The monoisotopic (exact) mass is 505 g/mol. The fraction of sp³-hybridized carbons (Fsp3) is 0.160. The highest BCUT2D eigenvalue weighted by atomic mass is 79.9. The van der Waals surface area contributed by atoms with Gasteiger partial charge in [-0.05, 0) is 53.6 Å². The standard InChI is InChI=1S/C25H20BrN3O4/c1-2-24-28-21-8-7-18(26)12-20(21)25(30)29(24)27-13-16-4-3-5-19(10-16)31-14-17-6-9-22-23(11-17)33-15-32-22/h3-13H,2,14-15H2,1H3. The molecule has 0 unspecified atom stereocenters. The predicted octanol–water partition coefficient (Wildman–Crippen LogP) is 4.91. The minimum Gasteiger partial charge on any atom is -0.489 e. The number of aryl methyl sites for hydroxylation is 1. The predicted molar refractivity (Wildman–Crippen MR) is 129 cm³/mol. The van der Waals surface area contributed by atoms with Crippen LogP contribution in [0.5, 0.6) is 17.2 Å². The van der Waals surface area contributed by atoms with Gasteiger partial charge in [0.25, 0.3) is 5.56 Å². The van der Waals surface area contributed by atoms with Crippen molar-refractivity contribution in [3.63, 3.8) is 0 Å². The molecule has 5 rings (SSSR count). The maximum absolute atomic E-state index is 13.0. The fourth-order valence-electron chi connectivity index (χ4n) is 3.55. The van der Waals surface area contributed by atoms with Gasteiger partial charge in [-0.1, -0.05) is 41.1 Å². The summed E-state index contributed by atoms with van der Waals surface area (Å²) in [7, 11) is 0. The van der Waals surface area contributed by atoms with E-state index in [1.165, 1.54) is 4.68 Å². The van der Waals surface area contributed by atoms with Crippen LogP contribution in [0.4, 0.5) is 0 Å². The Morgan fingerprint density at radius 3 is 2.88 bits per heavy atom. The van der Waals surface area contributed by atoms with Crippen LogP contribution in [0.3, 0.4) is 0 Å². The van der Waals surface area contributed by atoms with Crippen LogP contribution in [-0.2, 0) is 13.0 Å². The van der Waals surface area contributed by atoms with Gasteiger partial charge in [0.1, 0.15) is 18.2 Å². The van der Waals surface area contributed by atoms with Gasteiger partial charge in [-0.15, -0.1) is 0 Å². The Morgan fingerprint density at radius 1 is 1.12 bits per heavy atom. The van der Waals surface area contributed by atoms with Crippen LogP contribution in [0.25, 0.3) is 10.9 Å². The molecule has 0 spiro atoms. The molecule has 4 aromatic rings. The van der Waals surface area contributed by atoms with Crippen molar-refractivity contribution in [3.8, 4) is 17.2 Å². The van der Waals surface area contributed by atoms with Crippen molar-refractivity contribution in [2.75, 3.05) is 6.79 Å². The van der Waals surface area contributed by atoms with E-state index in [9.17, 15) is 4.79 Å². The zero-order chi connectivity index (χ0) is 22.8. The second kappa shape index (κ2) is 9.07. The highest BCUT2D eigenvalue weighted by Gasteiger charge is 2.13. The summed E-state index contributed by atoms with van der Waals surface area (Å²) in [5.74, 6) is 2.76. The molecule has 0 radical (unpaired) electrons. The zero-order valence-corrected chi connectivity index (χ0v) is 19.4. The van der Waals surface area contributed by atoms with Crippen molar-refractivity contribution >= 4 is 33.0 Å². The summed E-state index contributed by atoms with van der Waals surface area (Å²) in [6.07, 6.45) is 2.22.